The Morgan fingerprint density at radius 3 is 2.84 bits per heavy atom. The third-order valence-electron chi connectivity index (χ3n) is 5.01. The van der Waals surface area contributed by atoms with Crippen molar-refractivity contribution < 1.29 is 19.1 Å². The van der Waals surface area contributed by atoms with E-state index < -0.39 is 0 Å². The summed E-state index contributed by atoms with van der Waals surface area (Å²) >= 11 is 1.71. The number of likely N-dealkylation sites (N-methyl/N-ethyl adjacent to an activating group) is 1. The van der Waals surface area contributed by atoms with E-state index in [9.17, 15) is 9.59 Å². The van der Waals surface area contributed by atoms with Crippen LogP contribution in [0.2, 0.25) is 0 Å². The third-order valence-corrected chi connectivity index (χ3v) is 6.51. The molecule has 7 heteroatoms. The minimum Gasteiger partial charge on any atom is -0.497 e. The van der Waals surface area contributed by atoms with Gasteiger partial charge in [0.1, 0.15) is 17.5 Å². The molecule has 0 radical (unpaired) electrons. The SMILES string of the molecule is COc1ccc(CN(C)C(=O)[C@@H]2CS[C@]3(C)CCC(=O)N23)c(OC)c1. The van der Waals surface area contributed by atoms with Crippen LogP contribution in [0.1, 0.15) is 25.3 Å². The summed E-state index contributed by atoms with van der Waals surface area (Å²) in [6.07, 6.45) is 1.35. The predicted octanol–water partition coefficient (Wildman–Crippen LogP) is 2.12. The number of methoxy groups -OCH3 is 2. The molecule has 6 nitrogen and oxygen atoms in total. The Balaban J connectivity index is 1.74. The van der Waals surface area contributed by atoms with E-state index in [1.807, 2.05) is 12.1 Å². The monoisotopic (exact) mass is 364 g/mol. The Bertz CT molecular complexity index is 696. The second-order valence-corrected chi connectivity index (χ2v) is 8.14. The fraction of sp³-hybridized carbons (Fsp3) is 0.556. The molecule has 0 spiro atoms. The van der Waals surface area contributed by atoms with Crippen molar-refractivity contribution in [3.8, 4) is 11.5 Å². The first-order valence-corrected chi connectivity index (χ1v) is 9.30. The van der Waals surface area contributed by atoms with Crippen LogP contribution in [0.4, 0.5) is 0 Å². The van der Waals surface area contributed by atoms with Crippen molar-refractivity contribution in [3.05, 3.63) is 23.8 Å². The van der Waals surface area contributed by atoms with Gasteiger partial charge in [-0.15, -0.1) is 11.8 Å². The maximum absolute atomic E-state index is 13.0. The number of carbonyl (C=O) groups is 2. The molecule has 0 unspecified atom stereocenters. The molecule has 0 aliphatic carbocycles. The fourth-order valence-electron chi connectivity index (χ4n) is 3.57. The highest BCUT2D eigenvalue weighted by molar-refractivity contribution is 8.01. The number of ether oxygens (including phenoxy) is 2. The maximum Gasteiger partial charge on any atom is 0.246 e. The van der Waals surface area contributed by atoms with Gasteiger partial charge in [-0.25, -0.2) is 0 Å². The Morgan fingerprint density at radius 2 is 2.16 bits per heavy atom. The number of fused-ring (bicyclic) bond motifs is 1. The van der Waals surface area contributed by atoms with Crippen molar-refractivity contribution >= 4 is 23.6 Å². The van der Waals surface area contributed by atoms with Crippen LogP contribution in [0, 0.1) is 0 Å². The van der Waals surface area contributed by atoms with E-state index in [-0.39, 0.29) is 22.7 Å². The summed E-state index contributed by atoms with van der Waals surface area (Å²) in [6, 6.07) is 5.18. The molecule has 25 heavy (non-hydrogen) atoms. The van der Waals surface area contributed by atoms with Crippen molar-refractivity contribution in [3.63, 3.8) is 0 Å². The van der Waals surface area contributed by atoms with Gasteiger partial charge in [0.2, 0.25) is 11.8 Å². The zero-order chi connectivity index (χ0) is 18.2. The van der Waals surface area contributed by atoms with E-state index in [0.717, 1.165) is 12.0 Å². The molecule has 2 aliphatic heterocycles. The van der Waals surface area contributed by atoms with E-state index in [2.05, 4.69) is 6.92 Å². The summed E-state index contributed by atoms with van der Waals surface area (Å²) in [5.74, 6) is 2.11. The second-order valence-electron chi connectivity index (χ2n) is 6.64. The quantitative estimate of drug-likeness (QED) is 0.801. The van der Waals surface area contributed by atoms with Crippen LogP contribution in [-0.4, -0.2) is 59.5 Å². The molecule has 0 saturated carbocycles. The van der Waals surface area contributed by atoms with E-state index in [1.165, 1.54) is 0 Å². The highest BCUT2D eigenvalue weighted by Crippen LogP contribution is 2.47. The highest BCUT2D eigenvalue weighted by Gasteiger charge is 2.53. The lowest BCUT2D eigenvalue weighted by Gasteiger charge is -2.32. The van der Waals surface area contributed by atoms with Crippen LogP contribution in [0.15, 0.2) is 18.2 Å². The number of thioether (sulfide) groups is 1. The van der Waals surface area contributed by atoms with Crippen LogP contribution < -0.4 is 9.47 Å². The second kappa shape index (κ2) is 6.78. The average Bonchev–Trinajstić information content (AvgIpc) is 3.10. The van der Waals surface area contributed by atoms with E-state index >= 15 is 0 Å². The first kappa shape index (κ1) is 17.9. The largest absolute Gasteiger partial charge is 0.497 e. The molecule has 2 saturated heterocycles. The van der Waals surface area contributed by atoms with Crippen molar-refractivity contribution in [2.24, 2.45) is 0 Å². The molecule has 136 valence electrons. The average molecular weight is 364 g/mol. The molecule has 2 fully saturated rings. The molecule has 0 bridgehead atoms. The van der Waals surface area contributed by atoms with Gasteiger partial charge >= 0.3 is 0 Å². The highest BCUT2D eigenvalue weighted by atomic mass is 32.2. The molecular weight excluding hydrogens is 340 g/mol. The zero-order valence-electron chi connectivity index (χ0n) is 15.1. The molecule has 0 aromatic heterocycles. The first-order chi connectivity index (χ1) is 11.9. The molecule has 2 aliphatic rings. The molecule has 1 aromatic carbocycles. The summed E-state index contributed by atoms with van der Waals surface area (Å²) in [4.78, 5) is 28.4. The van der Waals surface area contributed by atoms with Crippen molar-refractivity contribution in [1.82, 2.24) is 9.80 Å². The summed E-state index contributed by atoms with van der Waals surface area (Å²) in [7, 11) is 4.97. The van der Waals surface area contributed by atoms with Crippen molar-refractivity contribution in [1.29, 1.82) is 0 Å². The van der Waals surface area contributed by atoms with Crippen LogP contribution >= 0.6 is 11.8 Å². The standard InChI is InChI=1S/C18H24N2O4S/c1-18-8-7-16(21)20(18)14(11-25-18)17(22)19(2)10-12-5-6-13(23-3)9-15(12)24-4/h5-6,9,14H,7-8,10-11H2,1-4H3/t14-,18+/m0/s1. The smallest absolute Gasteiger partial charge is 0.246 e. The first-order valence-electron chi connectivity index (χ1n) is 8.31. The molecule has 1 aromatic rings. The van der Waals surface area contributed by atoms with E-state index in [1.54, 1.807) is 48.9 Å². The summed E-state index contributed by atoms with van der Waals surface area (Å²) in [5.41, 5.74) is 0.903. The van der Waals surface area contributed by atoms with Crippen LogP contribution in [-0.2, 0) is 16.1 Å². The molecular formula is C18H24N2O4S. The fourth-order valence-corrected chi connectivity index (χ4v) is 5.00. The number of amides is 2. The lowest BCUT2D eigenvalue weighted by molar-refractivity contribution is -0.143. The predicted molar refractivity (Wildman–Crippen MR) is 96.8 cm³/mol. The zero-order valence-corrected chi connectivity index (χ0v) is 15.9. The Labute approximate surface area is 152 Å². The van der Waals surface area contributed by atoms with Crippen molar-refractivity contribution in [2.45, 2.75) is 37.2 Å². The number of rotatable bonds is 5. The van der Waals surface area contributed by atoms with Gasteiger partial charge in [-0.2, -0.15) is 0 Å². The topological polar surface area (TPSA) is 59.1 Å². The van der Waals surface area contributed by atoms with Crippen molar-refractivity contribution in [2.75, 3.05) is 27.0 Å². The normalized spacial score (nSPS) is 25.0. The third kappa shape index (κ3) is 3.17. The van der Waals surface area contributed by atoms with Gasteiger partial charge in [-0.3, -0.25) is 9.59 Å². The van der Waals surface area contributed by atoms with Crippen LogP contribution in [0.5, 0.6) is 11.5 Å². The number of nitrogens with zero attached hydrogens (tertiary/aromatic N) is 2. The minimum absolute atomic E-state index is 0.0238. The Morgan fingerprint density at radius 1 is 1.40 bits per heavy atom. The van der Waals surface area contributed by atoms with Gasteiger partial charge in [-0.05, 0) is 25.5 Å². The molecule has 2 atom stereocenters. The number of hydrogen-bond donors (Lipinski definition) is 0. The number of hydrogen-bond acceptors (Lipinski definition) is 5. The summed E-state index contributed by atoms with van der Waals surface area (Å²) in [5, 5.41) is 0. The Hall–Kier alpha value is -1.89. The molecule has 2 amide bonds. The Kier molecular flexibility index (Phi) is 4.86. The van der Waals surface area contributed by atoms with Gasteiger partial charge in [-0.1, -0.05) is 0 Å². The van der Waals surface area contributed by atoms with Crippen LogP contribution in [0.3, 0.4) is 0 Å². The van der Waals surface area contributed by atoms with Crippen LogP contribution in [0.25, 0.3) is 0 Å². The van der Waals surface area contributed by atoms with Gasteiger partial charge in [0.05, 0.1) is 19.1 Å². The van der Waals surface area contributed by atoms with Gasteiger partial charge < -0.3 is 19.3 Å². The number of carbonyl (C=O) groups excluding carboxylic acids is 2. The van der Waals surface area contributed by atoms with E-state index in [4.69, 9.17) is 9.47 Å². The maximum atomic E-state index is 13.0. The minimum atomic E-state index is -0.376. The molecule has 0 N–H and O–H groups in total. The van der Waals surface area contributed by atoms with Gasteiger partial charge in [0.25, 0.3) is 0 Å². The van der Waals surface area contributed by atoms with Gasteiger partial charge in [0.15, 0.2) is 0 Å². The lowest BCUT2D eigenvalue weighted by atomic mass is 10.1. The number of benzene rings is 1. The molecule has 2 heterocycles. The summed E-state index contributed by atoms with van der Waals surface area (Å²) in [6.45, 7) is 2.48. The van der Waals surface area contributed by atoms with E-state index in [0.29, 0.717) is 30.2 Å². The molecule has 3 rings (SSSR count). The lowest BCUT2D eigenvalue weighted by Crippen LogP contribution is -2.50. The summed E-state index contributed by atoms with van der Waals surface area (Å²) < 4.78 is 10.6. The van der Waals surface area contributed by atoms with Gasteiger partial charge in [0, 0.05) is 37.4 Å².